The van der Waals surface area contributed by atoms with Gasteiger partial charge in [0, 0.05) is 39.0 Å². The first-order valence-electron chi connectivity index (χ1n) is 8.20. The van der Waals surface area contributed by atoms with Crippen molar-refractivity contribution in [3.05, 3.63) is 84.6 Å². The molecule has 0 aliphatic carbocycles. The lowest BCUT2D eigenvalue weighted by Crippen LogP contribution is -2.03. The Balaban J connectivity index is 1.47. The van der Waals surface area contributed by atoms with Crippen LogP contribution in [0.2, 0.25) is 0 Å². The Labute approximate surface area is 156 Å². The van der Waals surface area contributed by atoms with Gasteiger partial charge in [-0.05, 0) is 54.6 Å². The second-order valence-electron chi connectivity index (χ2n) is 5.90. The van der Waals surface area contributed by atoms with Crippen LogP contribution in [0.25, 0.3) is 0 Å². The summed E-state index contributed by atoms with van der Waals surface area (Å²) in [4.78, 5) is 14.7. The minimum absolute atomic E-state index is 0.0543. The van der Waals surface area contributed by atoms with Gasteiger partial charge in [0.1, 0.15) is 0 Å². The predicted molar refractivity (Wildman–Crippen MR) is 108 cm³/mol. The van der Waals surface area contributed by atoms with E-state index in [1.807, 2.05) is 60.7 Å². The number of rotatable bonds is 4. The molecule has 4 rings (SSSR count). The fraction of sp³-hybridized carbons (Fsp3) is 0. The van der Waals surface area contributed by atoms with Crippen LogP contribution in [0.5, 0.6) is 0 Å². The molecule has 0 radical (unpaired) electrons. The Morgan fingerprint density at radius 1 is 0.962 bits per heavy atom. The van der Waals surface area contributed by atoms with Gasteiger partial charge in [-0.2, -0.15) is 0 Å². The highest BCUT2D eigenvalue weighted by molar-refractivity contribution is 7.99. The normalized spacial score (nSPS) is 12.2. The molecule has 0 atom stereocenters. The van der Waals surface area contributed by atoms with E-state index in [9.17, 15) is 4.79 Å². The standard InChI is InChI=1S/C21H17N3OS/c22-15-6-8-16(9-7-15)23-12-11-19(25)14-5-10-21-18(13-14)24-17-3-1-2-4-20(17)26-21/h1-13,23-24H,22H2/b12-11+. The minimum Gasteiger partial charge on any atom is -0.399 e. The Hall–Kier alpha value is -3.18. The maximum Gasteiger partial charge on any atom is 0.187 e. The number of allylic oxidation sites excluding steroid dienone is 1. The number of nitrogens with two attached hydrogens (primary N) is 1. The summed E-state index contributed by atoms with van der Waals surface area (Å²) >= 11 is 1.70. The number of fused-ring (bicyclic) bond motifs is 2. The van der Waals surface area contributed by atoms with Crippen LogP contribution >= 0.6 is 11.8 Å². The molecule has 0 saturated heterocycles. The Kier molecular flexibility index (Phi) is 4.37. The summed E-state index contributed by atoms with van der Waals surface area (Å²) in [7, 11) is 0. The second kappa shape index (κ2) is 6.98. The van der Waals surface area contributed by atoms with Gasteiger partial charge in [0.15, 0.2) is 5.78 Å². The van der Waals surface area contributed by atoms with Crippen LogP contribution < -0.4 is 16.4 Å². The zero-order valence-electron chi connectivity index (χ0n) is 13.9. The Morgan fingerprint density at radius 3 is 2.58 bits per heavy atom. The van der Waals surface area contributed by atoms with Crippen LogP contribution in [0.4, 0.5) is 22.7 Å². The zero-order chi connectivity index (χ0) is 17.9. The van der Waals surface area contributed by atoms with Gasteiger partial charge in [-0.15, -0.1) is 0 Å². The highest BCUT2D eigenvalue weighted by Gasteiger charge is 2.16. The van der Waals surface area contributed by atoms with Crippen LogP contribution in [-0.4, -0.2) is 5.78 Å². The lowest BCUT2D eigenvalue weighted by Gasteiger charge is -2.20. The van der Waals surface area contributed by atoms with E-state index in [1.165, 1.54) is 11.0 Å². The Morgan fingerprint density at radius 2 is 1.73 bits per heavy atom. The van der Waals surface area contributed by atoms with Gasteiger partial charge in [-0.3, -0.25) is 4.79 Å². The molecule has 0 fully saturated rings. The molecule has 3 aromatic rings. The van der Waals surface area contributed by atoms with Gasteiger partial charge in [0.05, 0.1) is 11.4 Å². The fourth-order valence-corrected chi connectivity index (χ4v) is 3.65. The van der Waals surface area contributed by atoms with Gasteiger partial charge in [0.2, 0.25) is 0 Å². The summed E-state index contributed by atoms with van der Waals surface area (Å²) in [5, 5.41) is 6.47. The van der Waals surface area contributed by atoms with Crippen LogP contribution in [-0.2, 0) is 0 Å². The molecule has 0 unspecified atom stereocenters. The van der Waals surface area contributed by atoms with Crippen LogP contribution in [0, 0.1) is 0 Å². The van der Waals surface area contributed by atoms with Crippen LogP contribution in [0.3, 0.4) is 0 Å². The van der Waals surface area contributed by atoms with Crippen LogP contribution in [0.15, 0.2) is 88.8 Å². The molecule has 0 spiro atoms. The van der Waals surface area contributed by atoms with E-state index in [4.69, 9.17) is 5.73 Å². The van der Waals surface area contributed by atoms with Gasteiger partial charge >= 0.3 is 0 Å². The maximum absolute atomic E-state index is 12.4. The average Bonchev–Trinajstić information content (AvgIpc) is 2.67. The highest BCUT2D eigenvalue weighted by atomic mass is 32.2. The molecule has 0 aromatic heterocycles. The number of anilines is 4. The lowest BCUT2D eigenvalue weighted by molar-refractivity contribution is 0.104. The predicted octanol–water partition coefficient (Wildman–Crippen LogP) is 5.29. The van der Waals surface area contributed by atoms with Gasteiger partial charge in [-0.25, -0.2) is 0 Å². The monoisotopic (exact) mass is 359 g/mol. The largest absolute Gasteiger partial charge is 0.399 e. The third-order valence-electron chi connectivity index (χ3n) is 4.04. The second-order valence-corrected chi connectivity index (χ2v) is 6.98. The van der Waals surface area contributed by atoms with Crippen molar-refractivity contribution in [3.8, 4) is 0 Å². The SMILES string of the molecule is Nc1ccc(N/C=C/C(=O)c2ccc3c(c2)Nc2ccccc2S3)cc1. The van der Waals surface area contributed by atoms with Crippen LogP contribution in [0.1, 0.15) is 10.4 Å². The molecular weight excluding hydrogens is 342 g/mol. The molecule has 4 nitrogen and oxygen atoms in total. The van der Waals surface area contributed by atoms with Crippen molar-refractivity contribution in [1.82, 2.24) is 0 Å². The molecule has 26 heavy (non-hydrogen) atoms. The molecule has 1 aliphatic heterocycles. The molecule has 1 aliphatic rings. The lowest BCUT2D eigenvalue weighted by atomic mass is 10.1. The van der Waals surface area contributed by atoms with Gasteiger partial charge in [-0.1, -0.05) is 23.9 Å². The third kappa shape index (κ3) is 3.43. The van der Waals surface area contributed by atoms with Crippen molar-refractivity contribution in [1.29, 1.82) is 0 Å². The number of ketones is 1. The summed E-state index contributed by atoms with van der Waals surface area (Å²) in [6.07, 6.45) is 3.17. The summed E-state index contributed by atoms with van der Waals surface area (Å²) < 4.78 is 0. The first-order chi connectivity index (χ1) is 12.7. The van der Waals surface area contributed by atoms with Crippen molar-refractivity contribution in [3.63, 3.8) is 0 Å². The van der Waals surface area contributed by atoms with Gasteiger partial charge < -0.3 is 16.4 Å². The smallest absolute Gasteiger partial charge is 0.187 e. The van der Waals surface area contributed by atoms with Crippen molar-refractivity contribution in [2.45, 2.75) is 9.79 Å². The molecule has 0 amide bonds. The number of hydrogen-bond donors (Lipinski definition) is 3. The van der Waals surface area contributed by atoms with E-state index in [0.29, 0.717) is 11.3 Å². The number of carbonyl (C=O) groups excluding carboxylic acids is 1. The quantitative estimate of drug-likeness (QED) is 0.263. The highest BCUT2D eigenvalue weighted by Crippen LogP contribution is 2.44. The molecule has 5 heteroatoms. The minimum atomic E-state index is -0.0543. The van der Waals surface area contributed by atoms with E-state index in [-0.39, 0.29) is 5.78 Å². The van der Waals surface area contributed by atoms with E-state index in [2.05, 4.69) is 16.7 Å². The molecule has 1 heterocycles. The van der Waals surface area contributed by atoms with Crippen molar-refractivity contribution in [2.24, 2.45) is 0 Å². The van der Waals surface area contributed by atoms with E-state index in [1.54, 1.807) is 18.0 Å². The number of carbonyl (C=O) groups is 1. The molecule has 4 N–H and O–H groups in total. The first-order valence-corrected chi connectivity index (χ1v) is 9.01. The van der Waals surface area contributed by atoms with Gasteiger partial charge in [0.25, 0.3) is 0 Å². The summed E-state index contributed by atoms with van der Waals surface area (Å²) in [6, 6.07) is 21.2. The topological polar surface area (TPSA) is 67.1 Å². The number of hydrogen-bond acceptors (Lipinski definition) is 5. The number of nitrogen functional groups attached to an aromatic ring is 1. The summed E-state index contributed by atoms with van der Waals surface area (Å²) in [6.45, 7) is 0. The Bertz CT molecular complexity index is 996. The first kappa shape index (κ1) is 16.3. The summed E-state index contributed by atoms with van der Waals surface area (Å²) in [5.74, 6) is -0.0543. The molecule has 3 aromatic carbocycles. The van der Waals surface area contributed by atoms with E-state index >= 15 is 0 Å². The maximum atomic E-state index is 12.4. The number of benzene rings is 3. The fourth-order valence-electron chi connectivity index (χ4n) is 2.68. The van der Waals surface area contributed by atoms with E-state index < -0.39 is 0 Å². The summed E-state index contributed by atoms with van der Waals surface area (Å²) in [5.41, 5.74) is 9.91. The number of para-hydroxylation sites is 1. The molecular formula is C21H17N3OS. The third-order valence-corrected chi connectivity index (χ3v) is 5.19. The van der Waals surface area contributed by atoms with Crippen molar-refractivity contribution >= 4 is 40.3 Å². The molecule has 128 valence electrons. The van der Waals surface area contributed by atoms with E-state index in [0.717, 1.165) is 22.0 Å². The molecule has 0 saturated carbocycles. The zero-order valence-corrected chi connectivity index (χ0v) is 14.7. The average molecular weight is 359 g/mol. The molecule has 0 bridgehead atoms. The van der Waals surface area contributed by atoms with Crippen molar-refractivity contribution in [2.75, 3.05) is 16.4 Å². The van der Waals surface area contributed by atoms with Crippen molar-refractivity contribution < 1.29 is 4.79 Å². The number of nitrogens with one attached hydrogen (secondary N) is 2.